The second kappa shape index (κ2) is 7.03. The van der Waals surface area contributed by atoms with Crippen LogP contribution in [0.1, 0.15) is 43.1 Å². The van der Waals surface area contributed by atoms with Crippen molar-refractivity contribution < 1.29 is 23.5 Å². The fourth-order valence-corrected chi connectivity index (χ4v) is 2.41. The Morgan fingerprint density at radius 3 is 2.46 bits per heavy atom. The van der Waals surface area contributed by atoms with Crippen LogP contribution in [0.3, 0.4) is 0 Å². The molecule has 1 aromatic rings. The minimum atomic E-state index is -0.701. The number of carbonyl (C=O) groups excluding carboxylic acids is 2. The third kappa shape index (κ3) is 4.34. The van der Waals surface area contributed by atoms with Crippen LogP contribution in [0, 0.1) is 5.82 Å². The van der Waals surface area contributed by atoms with Gasteiger partial charge < -0.3 is 14.4 Å². The van der Waals surface area contributed by atoms with Gasteiger partial charge >= 0.3 is 12.1 Å². The minimum absolute atomic E-state index is 0.0898. The van der Waals surface area contributed by atoms with Crippen LogP contribution >= 0.6 is 0 Å². The molecule has 0 saturated carbocycles. The third-order valence-electron chi connectivity index (χ3n) is 3.61. The van der Waals surface area contributed by atoms with E-state index in [2.05, 4.69) is 4.74 Å². The molecule has 0 aromatic heterocycles. The Morgan fingerprint density at radius 1 is 1.25 bits per heavy atom. The number of benzene rings is 1. The van der Waals surface area contributed by atoms with Gasteiger partial charge in [0.2, 0.25) is 0 Å². The summed E-state index contributed by atoms with van der Waals surface area (Å²) in [7, 11) is 1.21. The molecule has 0 aliphatic carbocycles. The number of carbonyl (C=O) groups is 2. The van der Waals surface area contributed by atoms with Gasteiger partial charge in [-0.1, -0.05) is 12.1 Å². The van der Waals surface area contributed by atoms with Crippen molar-refractivity contribution in [1.29, 1.82) is 0 Å². The van der Waals surface area contributed by atoms with Crippen LogP contribution < -0.4 is 0 Å². The maximum absolute atomic E-state index is 14.0. The standard InChI is InChI=1S/C18H22FNO4/c1-18(2,3)24-17(22)20-9-7-12(8-10-20)13-5-6-14(15(19)11-13)16(21)23-4/h5-7,11H,8-10H2,1-4H3. The second-order valence-electron chi connectivity index (χ2n) is 6.59. The average molecular weight is 335 g/mol. The number of hydrogen-bond acceptors (Lipinski definition) is 4. The first kappa shape index (κ1) is 18.0. The molecule has 130 valence electrons. The van der Waals surface area contributed by atoms with E-state index in [0.717, 1.165) is 5.57 Å². The first-order chi connectivity index (χ1) is 11.2. The van der Waals surface area contributed by atoms with Gasteiger partial charge in [0.15, 0.2) is 0 Å². The molecule has 1 amide bonds. The van der Waals surface area contributed by atoms with E-state index in [-0.39, 0.29) is 11.7 Å². The van der Waals surface area contributed by atoms with E-state index in [0.29, 0.717) is 25.1 Å². The summed E-state index contributed by atoms with van der Waals surface area (Å²) in [6.07, 6.45) is 2.11. The average Bonchev–Trinajstić information content (AvgIpc) is 2.52. The van der Waals surface area contributed by atoms with Gasteiger partial charge in [0.25, 0.3) is 0 Å². The number of hydrogen-bond donors (Lipinski definition) is 0. The van der Waals surface area contributed by atoms with Gasteiger partial charge in [0.05, 0.1) is 12.7 Å². The van der Waals surface area contributed by atoms with Crippen molar-refractivity contribution in [2.75, 3.05) is 20.2 Å². The molecule has 0 radical (unpaired) electrons. The first-order valence-corrected chi connectivity index (χ1v) is 7.76. The van der Waals surface area contributed by atoms with Gasteiger partial charge in [-0.15, -0.1) is 0 Å². The largest absolute Gasteiger partial charge is 0.465 e. The summed E-state index contributed by atoms with van der Waals surface area (Å²) >= 11 is 0. The van der Waals surface area contributed by atoms with E-state index in [4.69, 9.17) is 4.74 Å². The Balaban J connectivity index is 2.09. The van der Waals surface area contributed by atoms with Gasteiger partial charge in [-0.2, -0.15) is 0 Å². The molecule has 1 aromatic carbocycles. The molecule has 1 aliphatic rings. The molecule has 0 saturated heterocycles. The molecule has 1 aliphatic heterocycles. The summed E-state index contributed by atoms with van der Waals surface area (Å²) in [6.45, 7) is 6.37. The summed E-state index contributed by atoms with van der Waals surface area (Å²) in [5.74, 6) is -1.32. The van der Waals surface area contributed by atoms with Crippen LogP contribution in [0.15, 0.2) is 24.3 Å². The van der Waals surface area contributed by atoms with Crippen LogP contribution in [0.4, 0.5) is 9.18 Å². The zero-order chi connectivity index (χ0) is 17.9. The van der Waals surface area contributed by atoms with E-state index in [1.807, 2.05) is 26.8 Å². The van der Waals surface area contributed by atoms with E-state index in [1.165, 1.54) is 19.2 Å². The quantitative estimate of drug-likeness (QED) is 0.774. The summed E-state index contributed by atoms with van der Waals surface area (Å²) in [4.78, 5) is 25.1. The monoisotopic (exact) mass is 335 g/mol. The summed E-state index contributed by atoms with van der Waals surface area (Å²) in [6, 6.07) is 4.42. The van der Waals surface area contributed by atoms with Crippen molar-refractivity contribution in [2.45, 2.75) is 32.8 Å². The summed E-state index contributed by atoms with van der Waals surface area (Å²) < 4.78 is 23.9. The van der Waals surface area contributed by atoms with Crippen LogP contribution in [-0.4, -0.2) is 42.8 Å². The molecule has 5 nitrogen and oxygen atoms in total. The van der Waals surface area contributed by atoms with E-state index in [9.17, 15) is 14.0 Å². The molecule has 0 bridgehead atoms. The van der Waals surface area contributed by atoms with Crippen LogP contribution in [-0.2, 0) is 9.47 Å². The fraction of sp³-hybridized carbons (Fsp3) is 0.444. The van der Waals surface area contributed by atoms with Gasteiger partial charge in [0, 0.05) is 13.1 Å². The topological polar surface area (TPSA) is 55.8 Å². The molecule has 1 heterocycles. The number of methoxy groups -OCH3 is 1. The van der Waals surface area contributed by atoms with Crippen molar-refractivity contribution in [3.63, 3.8) is 0 Å². The van der Waals surface area contributed by atoms with Crippen molar-refractivity contribution in [3.05, 3.63) is 41.2 Å². The normalized spacial score (nSPS) is 14.9. The summed E-state index contributed by atoms with van der Waals surface area (Å²) in [5.41, 5.74) is 1.01. The molecule has 0 spiro atoms. The number of amides is 1. The molecule has 0 atom stereocenters. The third-order valence-corrected chi connectivity index (χ3v) is 3.61. The fourth-order valence-electron chi connectivity index (χ4n) is 2.41. The Hall–Kier alpha value is -2.37. The maximum Gasteiger partial charge on any atom is 0.410 e. The molecule has 24 heavy (non-hydrogen) atoms. The number of esters is 1. The molecule has 2 rings (SSSR count). The molecular formula is C18H22FNO4. The molecule has 6 heteroatoms. The lowest BCUT2D eigenvalue weighted by molar-refractivity contribution is 0.0270. The Kier molecular flexibility index (Phi) is 5.26. The zero-order valence-electron chi connectivity index (χ0n) is 14.4. The van der Waals surface area contributed by atoms with Gasteiger partial charge in [-0.3, -0.25) is 0 Å². The van der Waals surface area contributed by atoms with Gasteiger partial charge in [0.1, 0.15) is 11.4 Å². The molecule has 0 fully saturated rings. The van der Waals surface area contributed by atoms with Crippen LogP contribution in [0.5, 0.6) is 0 Å². The molecule has 0 unspecified atom stereocenters. The molecule has 0 N–H and O–H groups in total. The number of halogens is 1. The predicted octanol–water partition coefficient (Wildman–Crippen LogP) is 3.64. The minimum Gasteiger partial charge on any atom is -0.465 e. The van der Waals surface area contributed by atoms with E-state index < -0.39 is 17.4 Å². The lowest BCUT2D eigenvalue weighted by Gasteiger charge is -2.29. The lowest BCUT2D eigenvalue weighted by atomic mass is 9.98. The molecular weight excluding hydrogens is 313 g/mol. The number of ether oxygens (including phenoxy) is 2. The Labute approximate surface area is 141 Å². The summed E-state index contributed by atoms with van der Waals surface area (Å²) in [5, 5.41) is 0. The maximum atomic E-state index is 14.0. The first-order valence-electron chi connectivity index (χ1n) is 7.76. The lowest BCUT2D eigenvalue weighted by Crippen LogP contribution is -2.39. The van der Waals surface area contributed by atoms with Gasteiger partial charge in [-0.25, -0.2) is 14.0 Å². The highest BCUT2D eigenvalue weighted by molar-refractivity contribution is 5.90. The smallest absolute Gasteiger partial charge is 0.410 e. The highest BCUT2D eigenvalue weighted by atomic mass is 19.1. The second-order valence-corrected chi connectivity index (χ2v) is 6.59. The van der Waals surface area contributed by atoms with Crippen LogP contribution in [0.2, 0.25) is 0 Å². The van der Waals surface area contributed by atoms with Crippen molar-refractivity contribution in [2.24, 2.45) is 0 Å². The van der Waals surface area contributed by atoms with Crippen molar-refractivity contribution >= 4 is 17.6 Å². The van der Waals surface area contributed by atoms with Crippen LogP contribution in [0.25, 0.3) is 5.57 Å². The van der Waals surface area contributed by atoms with E-state index >= 15 is 0 Å². The zero-order valence-corrected chi connectivity index (χ0v) is 14.4. The predicted molar refractivity (Wildman–Crippen MR) is 88.1 cm³/mol. The SMILES string of the molecule is COC(=O)c1ccc(C2=CCN(C(=O)OC(C)(C)C)CC2)cc1F. The van der Waals surface area contributed by atoms with Crippen molar-refractivity contribution in [1.82, 2.24) is 4.90 Å². The highest BCUT2D eigenvalue weighted by Gasteiger charge is 2.24. The number of nitrogens with zero attached hydrogens (tertiary/aromatic N) is 1. The number of rotatable bonds is 2. The highest BCUT2D eigenvalue weighted by Crippen LogP contribution is 2.25. The van der Waals surface area contributed by atoms with Gasteiger partial charge in [-0.05, 0) is 50.5 Å². The Morgan fingerprint density at radius 2 is 1.96 bits per heavy atom. The Bertz CT molecular complexity index is 676. The van der Waals surface area contributed by atoms with Crippen molar-refractivity contribution in [3.8, 4) is 0 Å². The van der Waals surface area contributed by atoms with E-state index in [1.54, 1.807) is 11.0 Å².